The van der Waals surface area contributed by atoms with Gasteiger partial charge >= 0.3 is 24.2 Å². The Kier molecular flexibility index (Phi) is 13.8. The highest BCUT2D eigenvalue weighted by Gasteiger charge is 2.36. The van der Waals surface area contributed by atoms with Crippen LogP contribution in [-0.2, 0) is 23.8 Å². The van der Waals surface area contributed by atoms with Gasteiger partial charge < -0.3 is 34.5 Å². The van der Waals surface area contributed by atoms with Crippen LogP contribution in [0.1, 0.15) is 86.1 Å². The second kappa shape index (κ2) is 15.9. The molecule has 0 amide bonds. The van der Waals surface area contributed by atoms with E-state index in [1.807, 2.05) is 27.7 Å². The van der Waals surface area contributed by atoms with E-state index in [4.69, 9.17) is 29.4 Å². The van der Waals surface area contributed by atoms with Crippen molar-refractivity contribution in [3.05, 3.63) is 23.8 Å². The van der Waals surface area contributed by atoms with Crippen LogP contribution < -0.4 is 15.2 Å². The van der Waals surface area contributed by atoms with Crippen LogP contribution >= 0.6 is 0 Å². The fourth-order valence-corrected chi connectivity index (χ4v) is 3.60. The van der Waals surface area contributed by atoms with Crippen LogP contribution in [-0.4, -0.2) is 53.7 Å². The summed E-state index contributed by atoms with van der Waals surface area (Å²) in [5, 5.41) is 9.74. The minimum absolute atomic E-state index is 0.0894. The van der Waals surface area contributed by atoms with E-state index < -0.39 is 60.4 Å². The molecule has 0 aromatic heterocycles. The van der Waals surface area contributed by atoms with Crippen LogP contribution in [0.25, 0.3) is 0 Å². The Balaban J connectivity index is 3.44. The molecule has 0 saturated carbocycles. The Labute approximate surface area is 230 Å². The van der Waals surface area contributed by atoms with Gasteiger partial charge in [-0.3, -0.25) is 9.59 Å². The van der Waals surface area contributed by atoms with E-state index in [1.54, 1.807) is 27.7 Å². The third-order valence-electron chi connectivity index (χ3n) is 6.36. The van der Waals surface area contributed by atoms with Crippen molar-refractivity contribution in [2.45, 2.75) is 105 Å². The first-order valence-corrected chi connectivity index (χ1v) is 13.3. The number of carboxylic acids is 1. The third-order valence-corrected chi connectivity index (χ3v) is 6.36. The number of carbonyl (C=O) groups excluding carboxylic acids is 3. The quantitative estimate of drug-likeness (QED) is 0.172. The maximum atomic E-state index is 12.4. The third kappa shape index (κ3) is 11.1. The second-order valence-electron chi connectivity index (χ2n) is 10.1. The average Bonchev–Trinajstić information content (AvgIpc) is 2.84. The zero-order chi connectivity index (χ0) is 29.9. The van der Waals surface area contributed by atoms with Gasteiger partial charge in [0, 0.05) is 18.3 Å². The average molecular weight is 554 g/mol. The Morgan fingerprint density at radius 2 is 1.33 bits per heavy atom. The summed E-state index contributed by atoms with van der Waals surface area (Å²) in [5.74, 6) is -3.36. The molecular formula is C28H43NO10. The summed E-state index contributed by atoms with van der Waals surface area (Å²) in [4.78, 5) is 48.9. The lowest BCUT2D eigenvalue weighted by atomic mass is 9.79. The van der Waals surface area contributed by atoms with Crippen LogP contribution in [0, 0.1) is 11.8 Å². The van der Waals surface area contributed by atoms with Crippen molar-refractivity contribution in [3.8, 4) is 11.5 Å². The Morgan fingerprint density at radius 3 is 1.79 bits per heavy atom. The molecular weight excluding hydrogens is 510 g/mol. The number of aliphatic carboxylic acids is 1. The van der Waals surface area contributed by atoms with Crippen molar-refractivity contribution in [2.75, 3.05) is 0 Å². The van der Waals surface area contributed by atoms with Crippen LogP contribution in [0.5, 0.6) is 11.5 Å². The molecule has 0 heterocycles. The lowest BCUT2D eigenvalue weighted by molar-refractivity contribution is -0.152. The number of hydrogen-bond donors (Lipinski definition) is 2. The van der Waals surface area contributed by atoms with Gasteiger partial charge in [-0.1, -0.05) is 40.7 Å². The van der Waals surface area contributed by atoms with Gasteiger partial charge in [0.15, 0.2) is 11.5 Å². The predicted octanol–water partition coefficient (Wildman–Crippen LogP) is 5.42. The maximum absolute atomic E-state index is 12.4. The molecule has 0 spiro atoms. The molecule has 0 aliphatic carbocycles. The summed E-state index contributed by atoms with van der Waals surface area (Å²) >= 11 is 0. The first kappa shape index (κ1) is 33.7. The van der Waals surface area contributed by atoms with Crippen LogP contribution in [0.4, 0.5) is 9.59 Å². The Hall–Kier alpha value is -3.34. The number of ether oxygens (including phenoxy) is 5. The molecule has 11 nitrogen and oxygen atoms in total. The fourth-order valence-electron chi connectivity index (χ4n) is 3.60. The van der Waals surface area contributed by atoms with Crippen LogP contribution in [0.3, 0.4) is 0 Å². The number of carboxylic acid groups (broad SMARTS) is 1. The molecule has 39 heavy (non-hydrogen) atoms. The summed E-state index contributed by atoms with van der Waals surface area (Å²) < 4.78 is 26.5. The van der Waals surface area contributed by atoms with Crippen molar-refractivity contribution in [1.82, 2.24) is 0 Å². The van der Waals surface area contributed by atoms with Gasteiger partial charge in [-0.15, -0.1) is 0 Å². The number of benzene rings is 1. The number of rotatable bonds is 14. The topological polar surface area (TPSA) is 161 Å². The molecule has 3 N–H and O–H groups in total. The highest BCUT2D eigenvalue weighted by atomic mass is 16.7. The predicted molar refractivity (Wildman–Crippen MR) is 143 cm³/mol. The van der Waals surface area contributed by atoms with Gasteiger partial charge in [0.2, 0.25) is 0 Å². The largest absolute Gasteiger partial charge is 0.514 e. The van der Waals surface area contributed by atoms with Crippen molar-refractivity contribution >= 4 is 24.2 Å². The highest BCUT2D eigenvalue weighted by molar-refractivity contribution is 5.75. The molecule has 0 aliphatic heterocycles. The molecule has 0 fully saturated rings. The first-order chi connectivity index (χ1) is 18.2. The standard InChI is InChI=1S/C28H43NO10/c1-9-16(5)35-27(33)38-21-12-11-20(14-22(21)39-28(34)36-17(6)10-2)24(25(29)26(31)32)18(7)19(8)37-23(30)13-15(3)4/h11-12,14-19,24-25H,9-10,13,29H2,1-8H3,(H,31,32)/t16?,17?,18?,19?,24?,25-/m0/s1. The zero-order valence-corrected chi connectivity index (χ0v) is 24.1. The van der Waals surface area contributed by atoms with Crippen LogP contribution in [0.15, 0.2) is 18.2 Å². The van der Waals surface area contributed by atoms with Gasteiger partial charge in [-0.2, -0.15) is 0 Å². The van der Waals surface area contributed by atoms with Crippen LogP contribution in [0.2, 0.25) is 0 Å². The normalized spacial score (nSPS) is 15.7. The molecule has 0 saturated heterocycles. The first-order valence-electron chi connectivity index (χ1n) is 13.3. The molecule has 220 valence electrons. The van der Waals surface area contributed by atoms with Gasteiger partial charge in [-0.25, -0.2) is 9.59 Å². The minimum atomic E-state index is -1.40. The van der Waals surface area contributed by atoms with Crippen molar-refractivity contribution in [1.29, 1.82) is 0 Å². The van der Waals surface area contributed by atoms with E-state index in [0.717, 1.165) is 0 Å². The van der Waals surface area contributed by atoms with E-state index in [9.17, 15) is 24.3 Å². The van der Waals surface area contributed by atoms with Gasteiger partial charge in [0.1, 0.15) is 24.4 Å². The maximum Gasteiger partial charge on any atom is 0.514 e. The summed E-state index contributed by atoms with van der Waals surface area (Å²) in [6.07, 6.45) is -2.26. The lowest BCUT2D eigenvalue weighted by Crippen LogP contribution is -2.42. The van der Waals surface area contributed by atoms with E-state index >= 15 is 0 Å². The van der Waals surface area contributed by atoms with Crippen molar-refractivity contribution in [2.24, 2.45) is 17.6 Å². The molecule has 0 bridgehead atoms. The van der Waals surface area contributed by atoms with E-state index in [-0.39, 0.29) is 23.8 Å². The molecule has 1 rings (SSSR count). The Bertz CT molecular complexity index is 979. The monoisotopic (exact) mass is 553 g/mol. The number of nitrogens with two attached hydrogens (primary N) is 1. The zero-order valence-electron chi connectivity index (χ0n) is 24.1. The fraction of sp³-hybridized carbons (Fsp3) is 0.643. The molecule has 11 heteroatoms. The number of carbonyl (C=O) groups is 4. The number of esters is 1. The SMILES string of the molecule is CCC(C)OC(=O)Oc1ccc(C(C(C)C(C)OC(=O)CC(C)C)[C@H](N)C(=O)O)cc1OC(=O)OC(C)CC. The molecule has 0 radical (unpaired) electrons. The summed E-state index contributed by atoms with van der Waals surface area (Å²) in [6, 6.07) is 2.82. The van der Waals surface area contributed by atoms with Crippen molar-refractivity contribution < 1.29 is 48.0 Å². The molecule has 1 aromatic carbocycles. The minimum Gasteiger partial charge on any atom is -0.480 e. The molecule has 1 aromatic rings. The summed E-state index contributed by atoms with van der Waals surface area (Å²) in [5.41, 5.74) is 6.45. The summed E-state index contributed by atoms with van der Waals surface area (Å²) in [7, 11) is 0. The molecule has 6 atom stereocenters. The van der Waals surface area contributed by atoms with Crippen molar-refractivity contribution in [3.63, 3.8) is 0 Å². The summed E-state index contributed by atoms with van der Waals surface area (Å²) in [6.45, 7) is 14.2. The lowest BCUT2D eigenvalue weighted by Gasteiger charge is -2.32. The van der Waals surface area contributed by atoms with E-state index in [0.29, 0.717) is 18.4 Å². The van der Waals surface area contributed by atoms with Gasteiger partial charge in [-0.05, 0) is 57.2 Å². The van der Waals surface area contributed by atoms with Gasteiger partial charge in [0.25, 0.3) is 0 Å². The smallest absolute Gasteiger partial charge is 0.480 e. The highest BCUT2D eigenvalue weighted by Crippen LogP contribution is 2.37. The van der Waals surface area contributed by atoms with E-state index in [2.05, 4.69) is 0 Å². The molecule has 5 unspecified atom stereocenters. The van der Waals surface area contributed by atoms with Gasteiger partial charge in [0.05, 0.1) is 0 Å². The van der Waals surface area contributed by atoms with E-state index in [1.165, 1.54) is 18.2 Å². The Morgan fingerprint density at radius 1 is 0.821 bits per heavy atom. The number of hydrogen-bond acceptors (Lipinski definition) is 10. The molecule has 0 aliphatic rings. The second-order valence-corrected chi connectivity index (χ2v) is 10.1.